The summed E-state index contributed by atoms with van der Waals surface area (Å²) in [5.41, 5.74) is 2.00. The van der Waals surface area contributed by atoms with Gasteiger partial charge in [-0.25, -0.2) is 4.99 Å². The van der Waals surface area contributed by atoms with Crippen LogP contribution < -0.4 is 20.1 Å². The molecule has 0 spiro atoms. The smallest absolute Gasteiger partial charge is 0.196 e. The average molecular weight is 423 g/mol. The normalized spacial score (nSPS) is 12.4. The van der Waals surface area contributed by atoms with Crippen molar-refractivity contribution >= 4 is 11.6 Å². The highest BCUT2D eigenvalue weighted by atomic mass is 16.5. The molecular weight excluding hydrogens is 392 g/mol. The summed E-state index contributed by atoms with van der Waals surface area (Å²) in [5, 5.41) is 15.2. The number of nitrogens with one attached hydrogen (secondary N) is 2. The number of aromatic nitrogens is 3. The van der Waals surface area contributed by atoms with Crippen molar-refractivity contribution in [1.82, 2.24) is 20.1 Å². The van der Waals surface area contributed by atoms with Crippen LogP contribution in [0, 0.1) is 6.92 Å². The van der Waals surface area contributed by atoms with Gasteiger partial charge in [0.1, 0.15) is 12.4 Å². The first-order chi connectivity index (χ1) is 15.0. The predicted molar refractivity (Wildman–Crippen MR) is 123 cm³/mol. The van der Waals surface area contributed by atoms with Gasteiger partial charge in [0.05, 0.1) is 19.8 Å². The van der Waals surface area contributed by atoms with E-state index in [1.54, 1.807) is 7.11 Å². The van der Waals surface area contributed by atoms with Gasteiger partial charge in [-0.3, -0.25) is 0 Å². The van der Waals surface area contributed by atoms with E-state index in [1.165, 1.54) is 0 Å². The highest BCUT2D eigenvalue weighted by Crippen LogP contribution is 2.30. The van der Waals surface area contributed by atoms with E-state index in [-0.39, 0.29) is 6.04 Å². The van der Waals surface area contributed by atoms with Crippen molar-refractivity contribution in [1.29, 1.82) is 0 Å². The lowest BCUT2D eigenvalue weighted by Gasteiger charge is -2.19. The first-order valence-corrected chi connectivity index (χ1v) is 10.3. The second-order valence-electron chi connectivity index (χ2n) is 7.09. The zero-order valence-electron chi connectivity index (χ0n) is 18.7. The van der Waals surface area contributed by atoms with Crippen molar-refractivity contribution in [2.75, 3.05) is 19.0 Å². The molecule has 1 atom stereocenters. The standard InChI is InChI=1S/C23H30N6O2/c1-6-31-21-14-19(12-13-20(21)30-5)26-23(24-15-22-28-27-17(3)29(22)4)25-16(2)18-10-8-7-9-11-18/h7-14,16H,6,15H2,1-5H3,(H2,24,25,26). The van der Waals surface area contributed by atoms with Gasteiger partial charge in [-0.2, -0.15) is 0 Å². The largest absolute Gasteiger partial charge is 0.493 e. The molecule has 8 heteroatoms. The molecule has 0 radical (unpaired) electrons. The molecule has 1 heterocycles. The maximum atomic E-state index is 5.70. The van der Waals surface area contributed by atoms with E-state index >= 15 is 0 Å². The second-order valence-corrected chi connectivity index (χ2v) is 7.09. The molecule has 0 aliphatic rings. The zero-order valence-corrected chi connectivity index (χ0v) is 18.7. The topological polar surface area (TPSA) is 85.6 Å². The van der Waals surface area contributed by atoms with Crippen LogP contribution in [-0.2, 0) is 13.6 Å². The Hall–Kier alpha value is -3.55. The van der Waals surface area contributed by atoms with E-state index in [0.29, 0.717) is 30.6 Å². The molecule has 164 valence electrons. The third-order valence-corrected chi connectivity index (χ3v) is 4.94. The van der Waals surface area contributed by atoms with Gasteiger partial charge in [0.25, 0.3) is 0 Å². The number of rotatable bonds is 8. The molecule has 3 aromatic rings. The highest BCUT2D eigenvalue weighted by Gasteiger charge is 2.12. The minimum absolute atomic E-state index is 0.0540. The Morgan fingerprint density at radius 3 is 2.55 bits per heavy atom. The highest BCUT2D eigenvalue weighted by molar-refractivity contribution is 5.94. The van der Waals surface area contributed by atoms with Crippen molar-refractivity contribution in [2.24, 2.45) is 12.0 Å². The maximum absolute atomic E-state index is 5.70. The molecule has 0 amide bonds. The number of hydrogen-bond donors (Lipinski definition) is 2. The van der Waals surface area contributed by atoms with E-state index < -0.39 is 0 Å². The molecule has 8 nitrogen and oxygen atoms in total. The fourth-order valence-electron chi connectivity index (χ4n) is 3.05. The summed E-state index contributed by atoms with van der Waals surface area (Å²) in [6, 6.07) is 16.0. The number of aryl methyl sites for hydroxylation is 1. The number of benzene rings is 2. The molecule has 0 aliphatic heterocycles. The monoisotopic (exact) mass is 422 g/mol. The molecule has 0 fully saturated rings. The first-order valence-electron chi connectivity index (χ1n) is 10.3. The molecule has 1 aromatic heterocycles. The Labute approximate surface area is 183 Å². The molecule has 1 unspecified atom stereocenters. The van der Waals surface area contributed by atoms with Crippen LogP contribution in [0.5, 0.6) is 11.5 Å². The Bertz CT molecular complexity index is 1020. The van der Waals surface area contributed by atoms with Gasteiger partial charge in [0, 0.05) is 18.8 Å². The van der Waals surface area contributed by atoms with Crippen LogP contribution in [0.25, 0.3) is 0 Å². The van der Waals surface area contributed by atoms with Crippen LogP contribution in [0.4, 0.5) is 5.69 Å². The van der Waals surface area contributed by atoms with E-state index in [9.17, 15) is 0 Å². The fourth-order valence-corrected chi connectivity index (χ4v) is 3.05. The Morgan fingerprint density at radius 1 is 1.13 bits per heavy atom. The minimum Gasteiger partial charge on any atom is -0.493 e. The van der Waals surface area contributed by atoms with Crippen LogP contribution in [0.1, 0.15) is 37.1 Å². The van der Waals surface area contributed by atoms with Gasteiger partial charge < -0.3 is 24.7 Å². The number of hydrogen-bond acceptors (Lipinski definition) is 5. The van der Waals surface area contributed by atoms with Gasteiger partial charge in [0.2, 0.25) is 0 Å². The zero-order chi connectivity index (χ0) is 22.2. The summed E-state index contributed by atoms with van der Waals surface area (Å²) in [5.74, 6) is 3.63. The van der Waals surface area contributed by atoms with Crippen molar-refractivity contribution in [3.8, 4) is 11.5 Å². The third-order valence-electron chi connectivity index (χ3n) is 4.94. The lowest BCUT2D eigenvalue weighted by molar-refractivity contribution is 0.311. The molecule has 2 N–H and O–H groups in total. The third kappa shape index (κ3) is 5.75. The summed E-state index contributed by atoms with van der Waals surface area (Å²) >= 11 is 0. The van der Waals surface area contributed by atoms with Crippen LogP contribution in [0.15, 0.2) is 53.5 Å². The molecule has 31 heavy (non-hydrogen) atoms. The summed E-state index contributed by atoms with van der Waals surface area (Å²) in [4.78, 5) is 4.75. The molecule has 0 bridgehead atoms. The van der Waals surface area contributed by atoms with Crippen molar-refractivity contribution in [3.05, 3.63) is 65.7 Å². The number of methoxy groups -OCH3 is 1. The molecule has 3 rings (SSSR count). The van der Waals surface area contributed by atoms with Gasteiger partial charge >= 0.3 is 0 Å². The molecular formula is C23H30N6O2. The first kappa shape index (κ1) is 22.1. The van der Waals surface area contributed by atoms with Crippen LogP contribution in [-0.4, -0.2) is 34.4 Å². The fraction of sp³-hybridized carbons (Fsp3) is 0.348. The second kappa shape index (κ2) is 10.5. The van der Waals surface area contributed by atoms with Gasteiger partial charge in [-0.1, -0.05) is 30.3 Å². The summed E-state index contributed by atoms with van der Waals surface area (Å²) in [6.07, 6.45) is 0. The quantitative estimate of drug-likeness (QED) is 0.424. The average Bonchev–Trinajstić information content (AvgIpc) is 3.10. The van der Waals surface area contributed by atoms with E-state index in [4.69, 9.17) is 14.5 Å². The van der Waals surface area contributed by atoms with Crippen LogP contribution >= 0.6 is 0 Å². The number of guanidine groups is 1. The molecule has 0 saturated carbocycles. The van der Waals surface area contributed by atoms with Gasteiger partial charge in [-0.15, -0.1) is 10.2 Å². The number of ether oxygens (including phenoxy) is 2. The maximum Gasteiger partial charge on any atom is 0.196 e. The summed E-state index contributed by atoms with van der Waals surface area (Å²) in [7, 11) is 3.56. The van der Waals surface area contributed by atoms with E-state index in [1.807, 2.05) is 61.9 Å². The van der Waals surface area contributed by atoms with Crippen molar-refractivity contribution in [2.45, 2.75) is 33.4 Å². The van der Waals surface area contributed by atoms with E-state index in [2.05, 4.69) is 39.9 Å². The van der Waals surface area contributed by atoms with E-state index in [0.717, 1.165) is 22.9 Å². The van der Waals surface area contributed by atoms with Crippen molar-refractivity contribution < 1.29 is 9.47 Å². The SMILES string of the molecule is CCOc1cc(NC(=NCc2nnc(C)n2C)NC(C)c2ccccc2)ccc1OC. The van der Waals surface area contributed by atoms with Crippen LogP contribution in [0.2, 0.25) is 0 Å². The minimum atomic E-state index is 0.0540. The van der Waals surface area contributed by atoms with Gasteiger partial charge in [-0.05, 0) is 38.5 Å². The summed E-state index contributed by atoms with van der Waals surface area (Å²) in [6.45, 7) is 6.90. The van der Waals surface area contributed by atoms with Crippen LogP contribution in [0.3, 0.4) is 0 Å². The number of anilines is 1. The lowest BCUT2D eigenvalue weighted by atomic mass is 10.1. The van der Waals surface area contributed by atoms with Crippen molar-refractivity contribution in [3.63, 3.8) is 0 Å². The van der Waals surface area contributed by atoms with Gasteiger partial charge in [0.15, 0.2) is 23.3 Å². The Morgan fingerprint density at radius 2 is 1.90 bits per heavy atom. The molecule has 0 saturated heterocycles. The number of aliphatic imine (C=N–C) groups is 1. The lowest BCUT2D eigenvalue weighted by Crippen LogP contribution is -2.33. The number of nitrogens with zero attached hydrogens (tertiary/aromatic N) is 4. The molecule has 0 aliphatic carbocycles. The summed E-state index contributed by atoms with van der Waals surface area (Å²) < 4.78 is 13.0. The Kier molecular flexibility index (Phi) is 7.48. The molecule has 2 aromatic carbocycles. The predicted octanol–water partition coefficient (Wildman–Crippen LogP) is 3.85. The Balaban J connectivity index is 1.85.